The van der Waals surface area contributed by atoms with Gasteiger partial charge < -0.3 is 14.8 Å². The molecule has 3 rings (SSSR count). The molecule has 1 aromatic carbocycles. The first-order valence-corrected chi connectivity index (χ1v) is 11.4. The molecule has 0 saturated carbocycles. The van der Waals surface area contributed by atoms with Crippen LogP contribution in [0.3, 0.4) is 0 Å². The van der Waals surface area contributed by atoms with Crippen LogP contribution in [0.2, 0.25) is 5.02 Å². The second-order valence-corrected chi connectivity index (χ2v) is 8.60. The fourth-order valence-corrected chi connectivity index (χ4v) is 4.31. The van der Waals surface area contributed by atoms with Gasteiger partial charge in [-0.2, -0.15) is 0 Å². The summed E-state index contributed by atoms with van der Waals surface area (Å²) in [4.78, 5) is 14.8. The molecule has 0 unspecified atom stereocenters. The summed E-state index contributed by atoms with van der Waals surface area (Å²) >= 11 is 7.51. The van der Waals surface area contributed by atoms with E-state index < -0.39 is 0 Å². The fraction of sp³-hybridized carbons (Fsp3) is 0.476. The largest absolute Gasteiger partial charge is 0.325 e. The Morgan fingerprint density at radius 3 is 2.83 bits per heavy atom. The highest BCUT2D eigenvalue weighted by Crippen LogP contribution is 2.22. The Hall–Kier alpha value is -1.83. The number of nitrogens with one attached hydrogen (secondary N) is 1. The zero-order chi connectivity index (χ0) is 20.6. The van der Waals surface area contributed by atoms with Gasteiger partial charge in [-0.25, -0.2) is 0 Å². The molecular formula is C21H28ClN5OS. The first-order chi connectivity index (χ1) is 14.1. The van der Waals surface area contributed by atoms with Crippen molar-refractivity contribution in [1.82, 2.24) is 19.7 Å². The number of rotatable bonds is 9. The number of nitrogens with zero attached hydrogens (tertiary/aromatic N) is 4. The molecule has 0 atom stereocenters. The number of carbonyl (C=O) groups is 1. The minimum absolute atomic E-state index is 0.0991. The summed E-state index contributed by atoms with van der Waals surface area (Å²) in [6.45, 7) is 9.74. The number of anilines is 1. The third-order valence-electron chi connectivity index (χ3n) is 4.99. The topological polar surface area (TPSA) is 63.1 Å². The van der Waals surface area contributed by atoms with Crippen LogP contribution in [0.4, 0.5) is 5.69 Å². The molecule has 1 aliphatic rings. The molecule has 1 amide bonds. The van der Waals surface area contributed by atoms with E-state index in [2.05, 4.69) is 31.6 Å². The summed E-state index contributed by atoms with van der Waals surface area (Å²) in [5, 5.41) is 12.9. The molecule has 1 aromatic heterocycles. The molecule has 1 saturated heterocycles. The fourth-order valence-electron chi connectivity index (χ4n) is 3.36. The number of piperidine rings is 1. The lowest BCUT2D eigenvalue weighted by Gasteiger charge is -2.26. The Bertz CT molecular complexity index is 848. The first-order valence-electron chi connectivity index (χ1n) is 10.0. The van der Waals surface area contributed by atoms with Crippen molar-refractivity contribution in [3.63, 3.8) is 0 Å². The van der Waals surface area contributed by atoms with Crippen LogP contribution in [0.5, 0.6) is 0 Å². The maximum Gasteiger partial charge on any atom is 0.234 e. The number of allylic oxidation sites excluding steroid dienone is 1. The lowest BCUT2D eigenvalue weighted by molar-refractivity contribution is -0.113. The molecule has 0 bridgehead atoms. The number of amides is 1. The summed E-state index contributed by atoms with van der Waals surface area (Å²) in [5.74, 6) is 1.11. The molecule has 1 fully saturated rings. The van der Waals surface area contributed by atoms with Gasteiger partial charge in [-0.05, 0) is 50.6 Å². The molecule has 2 aromatic rings. The van der Waals surface area contributed by atoms with E-state index >= 15 is 0 Å². The quantitative estimate of drug-likeness (QED) is 0.474. The van der Waals surface area contributed by atoms with E-state index in [4.69, 9.17) is 11.6 Å². The summed E-state index contributed by atoms with van der Waals surface area (Å²) in [6.07, 6.45) is 6.59. The maximum atomic E-state index is 12.3. The van der Waals surface area contributed by atoms with Crippen molar-refractivity contribution in [2.75, 3.05) is 30.7 Å². The summed E-state index contributed by atoms with van der Waals surface area (Å²) < 4.78 is 2.05. The van der Waals surface area contributed by atoms with Crippen molar-refractivity contribution in [2.45, 2.75) is 44.3 Å². The normalized spacial score (nSPS) is 14.7. The molecule has 156 valence electrons. The smallest absolute Gasteiger partial charge is 0.234 e. The average Bonchev–Trinajstić information content (AvgIpc) is 3.10. The summed E-state index contributed by atoms with van der Waals surface area (Å²) in [5.41, 5.74) is 1.68. The SMILES string of the molecule is C=CCn1c(CCN2CCCCC2)nnc1SCC(=O)Nc1ccc(C)c(Cl)c1. The van der Waals surface area contributed by atoms with Gasteiger partial charge in [-0.15, -0.1) is 16.8 Å². The van der Waals surface area contributed by atoms with E-state index in [0.29, 0.717) is 17.3 Å². The molecule has 1 N–H and O–H groups in total. The number of benzene rings is 1. The van der Waals surface area contributed by atoms with Crippen LogP contribution in [0.25, 0.3) is 0 Å². The van der Waals surface area contributed by atoms with Gasteiger partial charge in [-0.1, -0.05) is 41.9 Å². The third kappa shape index (κ3) is 6.32. The molecule has 1 aliphatic heterocycles. The second kappa shape index (κ2) is 10.8. The van der Waals surface area contributed by atoms with Gasteiger partial charge in [0, 0.05) is 30.2 Å². The van der Waals surface area contributed by atoms with Gasteiger partial charge in [0.05, 0.1) is 5.75 Å². The minimum Gasteiger partial charge on any atom is -0.325 e. The van der Waals surface area contributed by atoms with Crippen molar-refractivity contribution in [2.24, 2.45) is 0 Å². The molecule has 6 nitrogen and oxygen atoms in total. The molecule has 0 aliphatic carbocycles. The molecule has 29 heavy (non-hydrogen) atoms. The van der Waals surface area contributed by atoms with Crippen molar-refractivity contribution in [1.29, 1.82) is 0 Å². The van der Waals surface area contributed by atoms with Crippen LogP contribution in [0.15, 0.2) is 36.0 Å². The monoisotopic (exact) mass is 433 g/mol. The highest BCUT2D eigenvalue weighted by atomic mass is 35.5. The Morgan fingerprint density at radius 1 is 1.31 bits per heavy atom. The van der Waals surface area contributed by atoms with Crippen LogP contribution in [-0.2, 0) is 17.8 Å². The zero-order valence-electron chi connectivity index (χ0n) is 16.9. The molecule has 8 heteroatoms. The van der Waals surface area contributed by atoms with Crippen LogP contribution >= 0.6 is 23.4 Å². The predicted molar refractivity (Wildman–Crippen MR) is 120 cm³/mol. The van der Waals surface area contributed by atoms with E-state index in [-0.39, 0.29) is 11.7 Å². The summed E-state index contributed by atoms with van der Waals surface area (Å²) in [7, 11) is 0. The highest BCUT2D eigenvalue weighted by molar-refractivity contribution is 7.99. The molecular weight excluding hydrogens is 406 g/mol. The van der Waals surface area contributed by atoms with Gasteiger partial charge in [0.1, 0.15) is 5.82 Å². The van der Waals surface area contributed by atoms with Gasteiger partial charge in [0.15, 0.2) is 5.16 Å². The van der Waals surface area contributed by atoms with Crippen LogP contribution < -0.4 is 5.32 Å². The lowest BCUT2D eigenvalue weighted by atomic mass is 10.1. The zero-order valence-corrected chi connectivity index (χ0v) is 18.4. The Labute approximate surface area is 181 Å². The molecule has 2 heterocycles. The van der Waals surface area contributed by atoms with E-state index in [1.807, 2.05) is 25.1 Å². The maximum absolute atomic E-state index is 12.3. The van der Waals surface area contributed by atoms with Gasteiger partial charge in [0.2, 0.25) is 5.91 Å². The molecule has 0 spiro atoms. The van der Waals surface area contributed by atoms with Crippen molar-refractivity contribution in [3.05, 3.63) is 47.3 Å². The standard InChI is InChI=1S/C21H28ClN5OS/c1-3-10-27-19(9-13-26-11-5-4-6-12-26)24-25-21(27)29-15-20(28)23-17-8-7-16(2)18(22)14-17/h3,7-8,14H,1,4-6,9-13,15H2,2H3,(H,23,28). The van der Waals surface area contributed by atoms with Crippen molar-refractivity contribution >= 4 is 35.0 Å². The number of aromatic nitrogens is 3. The minimum atomic E-state index is -0.0991. The van der Waals surface area contributed by atoms with Crippen molar-refractivity contribution < 1.29 is 4.79 Å². The van der Waals surface area contributed by atoms with Gasteiger partial charge >= 0.3 is 0 Å². The second-order valence-electron chi connectivity index (χ2n) is 7.25. The van der Waals surface area contributed by atoms with E-state index in [9.17, 15) is 4.79 Å². The number of aryl methyl sites for hydroxylation is 1. The Balaban J connectivity index is 1.56. The van der Waals surface area contributed by atoms with E-state index in [0.717, 1.165) is 29.5 Å². The Morgan fingerprint density at radius 2 is 2.10 bits per heavy atom. The third-order valence-corrected chi connectivity index (χ3v) is 6.37. The van der Waals surface area contributed by atoms with E-state index in [1.165, 1.54) is 44.1 Å². The Kier molecular flexibility index (Phi) is 8.15. The highest BCUT2D eigenvalue weighted by Gasteiger charge is 2.16. The van der Waals surface area contributed by atoms with Gasteiger partial charge in [0.25, 0.3) is 0 Å². The molecule has 0 radical (unpaired) electrons. The number of hydrogen-bond donors (Lipinski definition) is 1. The van der Waals surface area contributed by atoms with Crippen LogP contribution in [0.1, 0.15) is 30.7 Å². The number of carbonyl (C=O) groups excluding carboxylic acids is 1. The van der Waals surface area contributed by atoms with Crippen LogP contribution in [-0.4, -0.2) is 51.0 Å². The number of thioether (sulfide) groups is 1. The number of hydrogen-bond acceptors (Lipinski definition) is 5. The summed E-state index contributed by atoms with van der Waals surface area (Å²) in [6, 6.07) is 5.50. The lowest BCUT2D eigenvalue weighted by Crippen LogP contribution is -2.32. The average molecular weight is 434 g/mol. The van der Waals surface area contributed by atoms with Gasteiger partial charge in [-0.3, -0.25) is 4.79 Å². The number of halogens is 1. The van der Waals surface area contributed by atoms with Crippen LogP contribution in [0, 0.1) is 6.92 Å². The number of likely N-dealkylation sites (tertiary alicyclic amines) is 1. The predicted octanol–water partition coefficient (Wildman–Crippen LogP) is 4.19. The van der Waals surface area contributed by atoms with E-state index in [1.54, 1.807) is 6.07 Å². The first kappa shape index (κ1) is 21.9. The van der Waals surface area contributed by atoms with Crippen molar-refractivity contribution in [3.8, 4) is 0 Å².